The third kappa shape index (κ3) is 1.48. The van der Waals surface area contributed by atoms with Crippen LogP contribution in [0.4, 0.5) is 0 Å². The second kappa shape index (κ2) is 3.25. The monoisotopic (exact) mass is 205 g/mol. The number of pyridine rings is 1. The molecule has 0 aliphatic rings. The maximum atomic E-state index is 5.92. The molecule has 2 aromatic rings. The van der Waals surface area contributed by atoms with Crippen LogP contribution in [0.5, 0.6) is 0 Å². The zero-order chi connectivity index (χ0) is 10.3. The van der Waals surface area contributed by atoms with Gasteiger partial charge in [0.2, 0.25) is 0 Å². The molecule has 0 amide bonds. The van der Waals surface area contributed by atoms with Crippen LogP contribution >= 0.6 is 11.6 Å². The molecule has 2 heteroatoms. The number of nitrogens with zero attached hydrogens (tertiary/aromatic N) is 1. The first kappa shape index (κ1) is 9.47. The van der Waals surface area contributed by atoms with Crippen molar-refractivity contribution in [2.45, 2.75) is 20.8 Å². The largest absolute Gasteiger partial charge is 0.236 e. The molecular weight excluding hydrogens is 194 g/mol. The third-order valence-electron chi connectivity index (χ3n) is 2.42. The molecule has 1 nitrogen and oxygen atoms in total. The molecule has 0 atom stereocenters. The molecule has 0 spiro atoms. The Labute approximate surface area is 88.7 Å². The average molecular weight is 206 g/mol. The van der Waals surface area contributed by atoms with Crippen molar-refractivity contribution >= 4 is 22.5 Å². The zero-order valence-electron chi connectivity index (χ0n) is 8.56. The minimum Gasteiger partial charge on any atom is -0.236 e. The van der Waals surface area contributed by atoms with E-state index in [0.29, 0.717) is 5.15 Å². The molecule has 0 radical (unpaired) electrons. The Kier molecular flexibility index (Phi) is 2.20. The molecule has 0 bridgehead atoms. The van der Waals surface area contributed by atoms with E-state index >= 15 is 0 Å². The van der Waals surface area contributed by atoms with Gasteiger partial charge in [-0.2, -0.15) is 0 Å². The Morgan fingerprint density at radius 1 is 1.00 bits per heavy atom. The number of aryl methyl sites for hydroxylation is 3. The van der Waals surface area contributed by atoms with Gasteiger partial charge in [0.15, 0.2) is 0 Å². The van der Waals surface area contributed by atoms with Gasteiger partial charge in [0.05, 0.1) is 5.52 Å². The Balaban J connectivity index is 2.94. The van der Waals surface area contributed by atoms with E-state index < -0.39 is 0 Å². The molecule has 0 N–H and O–H groups in total. The van der Waals surface area contributed by atoms with Gasteiger partial charge in [0, 0.05) is 5.39 Å². The Bertz CT molecular complexity index is 456. The van der Waals surface area contributed by atoms with Crippen LogP contribution < -0.4 is 0 Å². The highest BCUT2D eigenvalue weighted by Gasteiger charge is 2.04. The number of benzene rings is 1. The summed E-state index contributed by atoms with van der Waals surface area (Å²) in [6.07, 6.45) is 0. The van der Waals surface area contributed by atoms with E-state index in [1.54, 1.807) is 0 Å². The highest BCUT2D eigenvalue weighted by molar-refractivity contribution is 6.30. The lowest BCUT2D eigenvalue weighted by molar-refractivity contribution is 1.31. The highest BCUT2D eigenvalue weighted by Crippen LogP contribution is 2.24. The molecule has 0 aliphatic carbocycles. The molecule has 72 valence electrons. The highest BCUT2D eigenvalue weighted by atomic mass is 35.5. The van der Waals surface area contributed by atoms with Crippen LogP contribution in [0.15, 0.2) is 18.2 Å². The van der Waals surface area contributed by atoms with Gasteiger partial charge in [-0.05, 0) is 44.0 Å². The molecule has 0 aliphatic heterocycles. The van der Waals surface area contributed by atoms with Crippen molar-refractivity contribution in [1.29, 1.82) is 0 Å². The molecule has 2 rings (SSSR count). The quantitative estimate of drug-likeness (QED) is 0.596. The fraction of sp³-hybridized carbons (Fsp3) is 0.250. The number of hydrogen-bond acceptors (Lipinski definition) is 1. The van der Waals surface area contributed by atoms with E-state index in [1.165, 1.54) is 22.1 Å². The van der Waals surface area contributed by atoms with E-state index in [4.69, 9.17) is 11.6 Å². The molecule has 0 saturated heterocycles. The van der Waals surface area contributed by atoms with Crippen molar-refractivity contribution in [2.75, 3.05) is 0 Å². The minimum atomic E-state index is 0.571. The summed E-state index contributed by atoms with van der Waals surface area (Å²) in [5, 5.41) is 1.77. The van der Waals surface area contributed by atoms with Gasteiger partial charge >= 0.3 is 0 Å². The van der Waals surface area contributed by atoms with Crippen LogP contribution in [0.1, 0.15) is 16.7 Å². The fourth-order valence-corrected chi connectivity index (χ4v) is 2.05. The SMILES string of the molecule is Cc1cc(C)c2nc(Cl)cc(C)c2c1. The number of rotatable bonds is 0. The topological polar surface area (TPSA) is 12.9 Å². The predicted octanol–water partition coefficient (Wildman–Crippen LogP) is 3.81. The van der Waals surface area contributed by atoms with Crippen LogP contribution in [-0.4, -0.2) is 4.98 Å². The van der Waals surface area contributed by atoms with Crippen LogP contribution in [-0.2, 0) is 0 Å². The molecule has 1 aromatic carbocycles. The summed E-state index contributed by atoms with van der Waals surface area (Å²) < 4.78 is 0. The van der Waals surface area contributed by atoms with Crippen molar-refractivity contribution in [3.63, 3.8) is 0 Å². The predicted molar refractivity (Wildman–Crippen MR) is 61.0 cm³/mol. The summed E-state index contributed by atoms with van der Waals surface area (Å²) in [5.74, 6) is 0. The summed E-state index contributed by atoms with van der Waals surface area (Å²) in [5.41, 5.74) is 4.65. The summed E-state index contributed by atoms with van der Waals surface area (Å²) in [4.78, 5) is 4.34. The van der Waals surface area contributed by atoms with Gasteiger partial charge in [-0.1, -0.05) is 23.2 Å². The zero-order valence-corrected chi connectivity index (χ0v) is 9.31. The molecule has 1 heterocycles. The normalized spacial score (nSPS) is 10.9. The lowest BCUT2D eigenvalue weighted by Crippen LogP contribution is -1.89. The first-order valence-corrected chi connectivity index (χ1v) is 5.00. The maximum absolute atomic E-state index is 5.92. The molecule has 0 unspecified atom stereocenters. The fourth-order valence-electron chi connectivity index (χ4n) is 1.80. The van der Waals surface area contributed by atoms with Gasteiger partial charge in [-0.15, -0.1) is 0 Å². The maximum Gasteiger partial charge on any atom is 0.130 e. The average Bonchev–Trinajstić information content (AvgIpc) is 2.07. The van der Waals surface area contributed by atoms with Gasteiger partial charge in [-0.3, -0.25) is 0 Å². The molecule has 0 fully saturated rings. The smallest absolute Gasteiger partial charge is 0.130 e. The number of halogens is 1. The second-order valence-corrected chi connectivity index (χ2v) is 4.13. The minimum absolute atomic E-state index is 0.571. The number of fused-ring (bicyclic) bond motifs is 1. The summed E-state index contributed by atoms with van der Waals surface area (Å²) in [6, 6.07) is 6.19. The molecule has 14 heavy (non-hydrogen) atoms. The van der Waals surface area contributed by atoms with E-state index in [-0.39, 0.29) is 0 Å². The van der Waals surface area contributed by atoms with Crippen LogP contribution in [0.3, 0.4) is 0 Å². The Morgan fingerprint density at radius 3 is 2.43 bits per heavy atom. The van der Waals surface area contributed by atoms with Gasteiger partial charge in [0.1, 0.15) is 5.15 Å². The first-order valence-electron chi connectivity index (χ1n) is 4.62. The van der Waals surface area contributed by atoms with E-state index in [9.17, 15) is 0 Å². The third-order valence-corrected chi connectivity index (χ3v) is 2.62. The van der Waals surface area contributed by atoms with Crippen LogP contribution in [0.25, 0.3) is 10.9 Å². The lowest BCUT2D eigenvalue weighted by atomic mass is 10.0. The Morgan fingerprint density at radius 2 is 1.71 bits per heavy atom. The first-order chi connectivity index (χ1) is 6.58. The summed E-state index contributed by atoms with van der Waals surface area (Å²) in [6.45, 7) is 6.23. The molecular formula is C12H12ClN. The van der Waals surface area contributed by atoms with Crippen molar-refractivity contribution in [1.82, 2.24) is 4.98 Å². The standard InChI is InChI=1S/C12H12ClN/c1-7-4-9(3)12-10(5-7)8(2)6-11(13)14-12/h4-6H,1-3H3. The Hall–Kier alpha value is -1.08. The van der Waals surface area contributed by atoms with E-state index in [2.05, 4.69) is 37.9 Å². The van der Waals surface area contributed by atoms with Crippen molar-refractivity contribution < 1.29 is 0 Å². The van der Waals surface area contributed by atoms with Crippen molar-refractivity contribution in [3.8, 4) is 0 Å². The second-order valence-electron chi connectivity index (χ2n) is 3.74. The van der Waals surface area contributed by atoms with Gasteiger partial charge < -0.3 is 0 Å². The molecule has 1 aromatic heterocycles. The van der Waals surface area contributed by atoms with Crippen LogP contribution in [0.2, 0.25) is 5.15 Å². The van der Waals surface area contributed by atoms with Crippen molar-refractivity contribution in [3.05, 3.63) is 40.0 Å². The van der Waals surface area contributed by atoms with E-state index in [1.807, 2.05) is 6.07 Å². The summed E-state index contributed by atoms with van der Waals surface area (Å²) >= 11 is 5.92. The van der Waals surface area contributed by atoms with Gasteiger partial charge in [-0.25, -0.2) is 4.98 Å². The van der Waals surface area contributed by atoms with E-state index in [0.717, 1.165) is 5.52 Å². The lowest BCUT2D eigenvalue weighted by Gasteiger charge is -2.06. The van der Waals surface area contributed by atoms with Crippen LogP contribution in [0, 0.1) is 20.8 Å². The molecule has 0 saturated carbocycles. The number of aromatic nitrogens is 1. The van der Waals surface area contributed by atoms with Crippen molar-refractivity contribution in [2.24, 2.45) is 0 Å². The number of hydrogen-bond donors (Lipinski definition) is 0. The summed E-state index contributed by atoms with van der Waals surface area (Å²) in [7, 11) is 0. The van der Waals surface area contributed by atoms with Gasteiger partial charge in [0.25, 0.3) is 0 Å².